The maximum atomic E-state index is 11.6. The molecule has 1 N–H and O–H groups in total. The second-order valence-electron chi connectivity index (χ2n) is 2.92. The lowest BCUT2D eigenvalue weighted by Gasteiger charge is -1.99. The van der Waals surface area contributed by atoms with Gasteiger partial charge in [0.2, 0.25) is 0 Å². The van der Waals surface area contributed by atoms with Gasteiger partial charge in [0, 0.05) is 12.1 Å². The van der Waals surface area contributed by atoms with Crippen LogP contribution in [0.15, 0.2) is 35.1 Å². The van der Waals surface area contributed by atoms with Crippen molar-refractivity contribution in [3.05, 3.63) is 45.5 Å². The molecule has 3 nitrogen and oxygen atoms in total. The second-order valence-corrected chi connectivity index (χ2v) is 4.63. The van der Waals surface area contributed by atoms with E-state index in [0.717, 1.165) is 5.56 Å². The molecule has 2 rings (SSSR count). The largest absolute Gasteiger partial charge is 0.472 e. The van der Waals surface area contributed by atoms with Gasteiger partial charge < -0.3 is 9.73 Å². The number of carbonyl (C=O) groups is 1. The van der Waals surface area contributed by atoms with Crippen molar-refractivity contribution < 1.29 is 9.21 Å². The SMILES string of the molecule is O=C(NCc1ccoc1)c1ccc(Cl)s1. The molecule has 0 aliphatic heterocycles. The van der Waals surface area contributed by atoms with Crippen LogP contribution < -0.4 is 5.32 Å². The monoisotopic (exact) mass is 241 g/mol. The minimum Gasteiger partial charge on any atom is -0.472 e. The van der Waals surface area contributed by atoms with Gasteiger partial charge in [0.25, 0.3) is 5.91 Å². The van der Waals surface area contributed by atoms with Crippen LogP contribution in [0.2, 0.25) is 4.34 Å². The summed E-state index contributed by atoms with van der Waals surface area (Å²) in [6, 6.07) is 5.22. The molecule has 78 valence electrons. The third-order valence-electron chi connectivity index (χ3n) is 1.83. The first kappa shape index (κ1) is 10.3. The zero-order valence-electron chi connectivity index (χ0n) is 7.70. The molecule has 0 atom stereocenters. The van der Waals surface area contributed by atoms with E-state index in [0.29, 0.717) is 15.8 Å². The Bertz CT molecular complexity index is 450. The van der Waals surface area contributed by atoms with Crippen molar-refractivity contribution in [1.29, 1.82) is 0 Å². The first-order chi connectivity index (χ1) is 7.25. The predicted molar refractivity (Wildman–Crippen MR) is 59.2 cm³/mol. The molecule has 0 spiro atoms. The van der Waals surface area contributed by atoms with Crippen LogP contribution in [0.5, 0.6) is 0 Å². The fraction of sp³-hybridized carbons (Fsp3) is 0.100. The third kappa shape index (κ3) is 2.61. The molecule has 0 saturated carbocycles. The van der Waals surface area contributed by atoms with Crippen LogP contribution in [0, 0.1) is 0 Å². The molecule has 2 aromatic heterocycles. The molecule has 1 amide bonds. The molecule has 0 saturated heterocycles. The summed E-state index contributed by atoms with van der Waals surface area (Å²) in [7, 11) is 0. The first-order valence-electron chi connectivity index (χ1n) is 4.30. The number of rotatable bonds is 3. The molecule has 0 radical (unpaired) electrons. The number of amides is 1. The minimum atomic E-state index is -0.117. The Morgan fingerprint density at radius 2 is 2.33 bits per heavy atom. The summed E-state index contributed by atoms with van der Waals surface area (Å²) in [5.74, 6) is -0.117. The molecule has 5 heteroatoms. The van der Waals surface area contributed by atoms with Gasteiger partial charge in [0.1, 0.15) is 0 Å². The lowest BCUT2D eigenvalue weighted by atomic mass is 10.3. The molecule has 15 heavy (non-hydrogen) atoms. The highest BCUT2D eigenvalue weighted by molar-refractivity contribution is 7.17. The van der Waals surface area contributed by atoms with Crippen molar-refractivity contribution in [3.63, 3.8) is 0 Å². The van der Waals surface area contributed by atoms with E-state index < -0.39 is 0 Å². The third-order valence-corrected chi connectivity index (χ3v) is 3.06. The molecule has 0 aliphatic carbocycles. The van der Waals surface area contributed by atoms with E-state index in [4.69, 9.17) is 16.0 Å². The van der Waals surface area contributed by atoms with Gasteiger partial charge in [-0.1, -0.05) is 11.6 Å². The van der Waals surface area contributed by atoms with Gasteiger partial charge in [0.15, 0.2) is 0 Å². The molecule has 0 aliphatic rings. The van der Waals surface area contributed by atoms with Gasteiger partial charge in [-0.25, -0.2) is 0 Å². The molecule has 2 aromatic rings. The highest BCUT2D eigenvalue weighted by Gasteiger charge is 2.07. The lowest BCUT2D eigenvalue weighted by molar-refractivity contribution is 0.0955. The molecule has 0 bridgehead atoms. The van der Waals surface area contributed by atoms with Crippen LogP contribution in [-0.4, -0.2) is 5.91 Å². The van der Waals surface area contributed by atoms with E-state index in [1.54, 1.807) is 24.7 Å². The van der Waals surface area contributed by atoms with Crippen molar-refractivity contribution in [1.82, 2.24) is 5.32 Å². The number of thiophene rings is 1. The number of halogens is 1. The summed E-state index contributed by atoms with van der Waals surface area (Å²) in [5, 5.41) is 2.77. The average molecular weight is 242 g/mol. The van der Waals surface area contributed by atoms with Gasteiger partial charge >= 0.3 is 0 Å². The summed E-state index contributed by atoms with van der Waals surface area (Å²) in [4.78, 5) is 12.2. The predicted octanol–water partition coefficient (Wildman–Crippen LogP) is 2.92. The number of hydrogen-bond acceptors (Lipinski definition) is 3. The number of carbonyl (C=O) groups excluding carboxylic acids is 1. The van der Waals surface area contributed by atoms with Crippen LogP contribution in [-0.2, 0) is 6.54 Å². The van der Waals surface area contributed by atoms with Gasteiger partial charge in [-0.2, -0.15) is 0 Å². The Hall–Kier alpha value is -1.26. The Labute approximate surface area is 95.7 Å². The summed E-state index contributed by atoms with van der Waals surface area (Å²) in [5.41, 5.74) is 0.936. The van der Waals surface area contributed by atoms with E-state index in [2.05, 4.69) is 5.32 Å². The van der Waals surface area contributed by atoms with Crippen molar-refractivity contribution in [3.8, 4) is 0 Å². The maximum absolute atomic E-state index is 11.6. The van der Waals surface area contributed by atoms with Gasteiger partial charge in [-0.15, -0.1) is 11.3 Å². The molecule has 0 aromatic carbocycles. The van der Waals surface area contributed by atoms with E-state index in [-0.39, 0.29) is 5.91 Å². The summed E-state index contributed by atoms with van der Waals surface area (Å²) in [6.07, 6.45) is 3.17. The van der Waals surface area contributed by atoms with E-state index in [1.807, 2.05) is 6.07 Å². The molecular weight excluding hydrogens is 234 g/mol. The zero-order chi connectivity index (χ0) is 10.7. The number of furan rings is 1. The minimum absolute atomic E-state index is 0.117. The van der Waals surface area contributed by atoms with Crippen molar-refractivity contribution in [2.45, 2.75) is 6.54 Å². The Kier molecular flexibility index (Phi) is 3.08. The lowest BCUT2D eigenvalue weighted by Crippen LogP contribution is -2.21. The summed E-state index contributed by atoms with van der Waals surface area (Å²) < 4.78 is 5.50. The van der Waals surface area contributed by atoms with Crippen molar-refractivity contribution in [2.24, 2.45) is 0 Å². The first-order valence-corrected chi connectivity index (χ1v) is 5.50. The normalized spacial score (nSPS) is 10.2. The quantitative estimate of drug-likeness (QED) is 0.898. The van der Waals surface area contributed by atoms with E-state index in [9.17, 15) is 4.79 Å². The number of hydrogen-bond donors (Lipinski definition) is 1. The Morgan fingerprint density at radius 1 is 1.47 bits per heavy atom. The second kappa shape index (κ2) is 4.51. The van der Waals surface area contributed by atoms with Crippen LogP contribution >= 0.6 is 22.9 Å². The zero-order valence-corrected chi connectivity index (χ0v) is 9.27. The summed E-state index contributed by atoms with van der Waals surface area (Å²) in [6.45, 7) is 0.463. The fourth-order valence-electron chi connectivity index (χ4n) is 1.10. The molecule has 0 fully saturated rings. The Balaban J connectivity index is 1.93. The van der Waals surface area contributed by atoms with Crippen LogP contribution in [0.1, 0.15) is 15.2 Å². The van der Waals surface area contributed by atoms with Crippen LogP contribution in [0.25, 0.3) is 0 Å². The summed E-state index contributed by atoms with van der Waals surface area (Å²) >= 11 is 6.99. The van der Waals surface area contributed by atoms with Crippen molar-refractivity contribution >= 4 is 28.8 Å². The number of nitrogens with one attached hydrogen (secondary N) is 1. The average Bonchev–Trinajstić information content (AvgIpc) is 2.84. The van der Waals surface area contributed by atoms with Gasteiger partial charge in [-0.05, 0) is 18.2 Å². The standard InChI is InChI=1S/C10H8ClNO2S/c11-9-2-1-8(15-9)10(13)12-5-7-3-4-14-6-7/h1-4,6H,5H2,(H,12,13). The van der Waals surface area contributed by atoms with Crippen LogP contribution in [0.3, 0.4) is 0 Å². The van der Waals surface area contributed by atoms with Crippen molar-refractivity contribution in [2.75, 3.05) is 0 Å². The smallest absolute Gasteiger partial charge is 0.261 e. The van der Waals surface area contributed by atoms with E-state index in [1.165, 1.54) is 11.3 Å². The molecular formula is C10H8ClNO2S. The topological polar surface area (TPSA) is 42.2 Å². The Morgan fingerprint density at radius 3 is 2.93 bits per heavy atom. The highest BCUT2D eigenvalue weighted by Crippen LogP contribution is 2.21. The fourth-order valence-corrected chi connectivity index (χ4v) is 2.06. The molecule has 2 heterocycles. The van der Waals surface area contributed by atoms with E-state index >= 15 is 0 Å². The maximum Gasteiger partial charge on any atom is 0.261 e. The molecule has 0 unspecified atom stereocenters. The van der Waals surface area contributed by atoms with Gasteiger partial charge in [0.05, 0.1) is 21.7 Å². The van der Waals surface area contributed by atoms with Gasteiger partial charge in [-0.3, -0.25) is 4.79 Å². The van der Waals surface area contributed by atoms with Crippen LogP contribution in [0.4, 0.5) is 0 Å². The highest BCUT2D eigenvalue weighted by atomic mass is 35.5.